The summed E-state index contributed by atoms with van der Waals surface area (Å²) in [6.07, 6.45) is -1.81. The number of hydrogen-bond acceptors (Lipinski definition) is 6. The molecule has 1 aliphatic heterocycles. The van der Waals surface area contributed by atoms with Crippen LogP contribution in [0.2, 0.25) is 0 Å². The Morgan fingerprint density at radius 1 is 1.25 bits per heavy atom. The molecule has 1 aromatic heterocycles. The minimum Gasteiger partial charge on any atom is -0.504 e. The molecule has 1 fully saturated rings. The largest absolute Gasteiger partial charge is 0.504 e. The van der Waals surface area contributed by atoms with Gasteiger partial charge in [-0.15, -0.1) is 0 Å². The normalized spacial score (nSPS) is 16.1. The maximum atomic E-state index is 12.8. The molecule has 0 saturated carbocycles. The van der Waals surface area contributed by atoms with E-state index in [-0.39, 0.29) is 17.7 Å². The number of nitrogens with one attached hydrogen (secondary N) is 1. The van der Waals surface area contributed by atoms with E-state index < -0.39 is 11.9 Å². The van der Waals surface area contributed by atoms with Crippen molar-refractivity contribution in [1.82, 2.24) is 14.9 Å². The molecule has 1 aromatic carbocycles. The van der Waals surface area contributed by atoms with E-state index >= 15 is 0 Å². The molecule has 1 aliphatic rings. The lowest BCUT2D eigenvalue weighted by molar-refractivity contribution is -0.141. The molecule has 0 spiro atoms. The number of alkyl halides is 3. The van der Waals surface area contributed by atoms with Crippen molar-refractivity contribution >= 4 is 5.95 Å². The van der Waals surface area contributed by atoms with E-state index in [0.29, 0.717) is 18.9 Å². The number of aromatic nitrogens is 2. The van der Waals surface area contributed by atoms with Crippen LogP contribution in [0.5, 0.6) is 11.5 Å². The van der Waals surface area contributed by atoms with Gasteiger partial charge in [-0.25, -0.2) is 9.97 Å². The number of phenolic OH excluding ortho intramolecular Hbond substituents is 1. The summed E-state index contributed by atoms with van der Waals surface area (Å²) in [5.41, 5.74) is 0.0914. The predicted octanol–water partition coefficient (Wildman–Crippen LogP) is 3.68. The summed E-state index contributed by atoms with van der Waals surface area (Å²) >= 11 is 0. The highest BCUT2D eigenvalue weighted by molar-refractivity contribution is 5.41. The van der Waals surface area contributed by atoms with Crippen LogP contribution in [0.25, 0.3) is 0 Å². The fourth-order valence-electron chi connectivity index (χ4n) is 3.19. The van der Waals surface area contributed by atoms with Crippen LogP contribution < -0.4 is 10.1 Å². The Bertz CT molecular complexity index is 793. The number of aromatic hydroxyl groups is 1. The molecule has 3 rings (SSSR count). The Labute approximate surface area is 161 Å². The third kappa shape index (κ3) is 5.25. The van der Waals surface area contributed by atoms with E-state index in [1.807, 2.05) is 19.1 Å². The fraction of sp³-hybridized carbons (Fsp3) is 0.474. The summed E-state index contributed by atoms with van der Waals surface area (Å²) in [5, 5.41) is 12.8. The van der Waals surface area contributed by atoms with Gasteiger partial charge in [0.2, 0.25) is 5.95 Å². The van der Waals surface area contributed by atoms with Crippen LogP contribution in [-0.2, 0) is 12.7 Å². The molecule has 0 aliphatic carbocycles. The summed E-state index contributed by atoms with van der Waals surface area (Å²) in [4.78, 5) is 9.71. The van der Waals surface area contributed by atoms with Gasteiger partial charge < -0.3 is 15.2 Å². The molecule has 6 nitrogen and oxygen atoms in total. The second-order valence-corrected chi connectivity index (χ2v) is 6.69. The Kier molecular flexibility index (Phi) is 6.23. The Hall–Kier alpha value is -2.55. The maximum Gasteiger partial charge on any atom is 0.433 e. The van der Waals surface area contributed by atoms with Crippen LogP contribution in [0.15, 0.2) is 30.5 Å². The first kappa shape index (κ1) is 20.2. The van der Waals surface area contributed by atoms with Gasteiger partial charge in [0.05, 0.1) is 6.61 Å². The van der Waals surface area contributed by atoms with Gasteiger partial charge in [-0.1, -0.05) is 6.07 Å². The number of nitrogens with zero attached hydrogens (tertiary/aromatic N) is 3. The lowest BCUT2D eigenvalue weighted by Gasteiger charge is -2.32. The van der Waals surface area contributed by atoms with Crippen LogP contribution >= 0.6 is 0 Å². The molecule has 0 amide bonds. The van der Waals surface area contributed by atoms with E-state index in [9.17, 15) is 18.3 Å². The Balaban J connectivity index is 1.53. The average molecular weight is 396 g/mol. The van der Waals surface area contributed by atoms with Gasteiger partial charge in [0.15, 0.2) is 11.5 Å². The van der Waals surface area contributed by atoms with Crippen molar-refractivity contribution in [3.8, 4) is 11.5 Å². The van der Waals surface area contributed by atoms with Crippen LogP contribution in [0.3, 0.4) is 0 Å². The minimum absolute atomic E-state index is 0.00756. The molecule has 28 heavy (non-hydrogen) atoms. The van der Waals surface area contributed by atoms with E-state index in [1.165, 1.54) is 0 Å². The highest BCUT2D eigenvalue weighted by Gasteiger charge is 2.33. The summed E-state index contributed by atoms with van der Waals surface area (Å²) in [7, 11) is 0. The number of halogens is 3. The molecule has 9 heteroatoms. The highest BCUT2D eigenvalue weighted by atomic mass is 19.4. The van der Waals surface area contributed by atoms with Crippen molar-refractivity contribution in [3.63, 3.8) is 0 Å². The molecular formula is C19H23F3N4O2. The summed E-state index contributed by atoms with van der Waals surface area (Å²) in [5.74, 6) is 0.598. The smallest absolute Gasteiger partial charge is 0.433 e. The number of likely N-dealkylation sites (tertiary alicyclic amines) is 1. The quantitative estimate of drug-likeness (QED) is 0.776. The van der Waals surface area contributed by atoms with Crippen molar-refractivity contribution in [2.24, 2.45) is 0 Å². The fourth-order valence-corrected chi connectivity index (χ4v) is 3.19. The second-order valence-electron chi connectivity index (χ2n) is 6.69. The van der Waals surface area contributed by atoms with Gasteiger partial charge in [-0.05, 0) is 43.5 Å². The molecule has 2 heterocycles. The van der Waals surface area contributed by atoms with E-state index in [0.717, 1.165) is 43.8 Å². The lowest BCUT2D eigenvalue weighted by Crippen LogP contribution is -2.39. The highest BCUT2D eigenvalue weighted by Crippen LogP contribution is 2.29. The third-order valence-electron chi connectivity index (χ3n) is 4.60. The molecule has 0 bridgehead atoms. The van der Waals surface area contributed by atoms with Crippen LogP contribution in [-0.4, -0.2) is 45.7 Å². The first-order valence-electron chi connectivity index (χ1n) is 9.19. The van der Waals surface area contributed by atoms with Gasteiger partial charge in [-0.3, -0.25) is 4.90 Å². The maximum absolute atomic E-state index is 12.8. The van der Waals surface area contributed by atoms with Crippen LogP contribution in [0, 0.1) is 0 Å². The van der Waals surface area contributed by atoms with Gasteiger partial charge in [-0.2, -0.15) is 13.2 Å². The van der Waals surface area contributed by atoms with Gasteiger partial charge in [0.25, 0.3) is 0 Å². The van der Waals surface area contributed by atoms with Crippen molar-refractivity contribution < 1.29 is 23.0 Å². The number of phenols is 1. The molecule has 152 valence electrons. The zero-order valence-corrected chi connectivity index (χ0v) is 15.5. The minimum atomic E-state index is -4.48. The Morgan fingerprint density at radius 2 is 2.00 bits per heavy atom. The first-order valence-corrected chi connectivity index (χ1v) is 9.19. The van der Waals surface area contributed by atoms with Gasteiger partial charge in [0.1, 0.15) is 5.69 Å². The van der Waals surface area contributed by atoms with Crippen molar-refractivity contribution in [2.45, 2.75) is 38.5 Å². The van der Waals surface area contributed by atoms with Crippen molar-refractivity contribution in [2.75, 3.05) is 25.0 Å². The summed E-state index contributed by atoms with van der Waals surface area (Å²) < 4.78 is 43.7. The predicted molar refractivity (Wildman–Crippen MR) is 98.2 cm³/mol. The topological polar surface area (TPSA) is 70.5 Å². The van der Waals surface area contributed by atoms with E-state index in [2.05, 4.69) is 20.2 Å². The number of rotatable bonds is 6. The molecule has 0 radical (unpaired) electrons. The Morgan fingerprint density at radius 3 is 2.68 bits per heavy atom. The van der Waals surface area contributed by atoms with Crippen LogP contribution in [0.4, 0.5) is 19.1 Å². The summed E-state index contributed by atoms with van der Waals surface area (Å²) in [6.45, 7) is 4.64. The second kappa shape index (κ2) is 8.64. The van der Waals surface area contributed by atoms with Crippen molar-refractivity contribution in [1.29, 1.82) is 0 Å². The van der Waals surface area contributed by atoms with E-state index in [4.69, 9.17) is 4.74 Å². The number of hydrogen-bond donors (Lipinski definition) is 2. The zero-order valence-electron chi connectivity index (χ0n) is 15.5. The van der Waals surface area contributed by atoms with E-state index in [1.54, 1.807) is 6.07 Å². The standard InChI is InChI=1S/C19H23F3N4O2/c1-2-28-16-11-13(3-4-15(16)27)12-26-9-6-14(7-10-26)24-18-23-8-5-17(25-18)19(20,21)22/h3-5,8,11,14,27H,2,6-7,9-10,12H2,1H3,(H,23,24,25). The number of ether oxygens (including phenoxy) is 1. The number of benzene rings is 1. The molecular weight excluding hydrogens is 373 g/mol. The number of piperidine rings is 1. The third-order valence-corrected chi connectivity index (χ3v) is 4.60. The van der Waals surface area contributed by atoms with Gasteiger partial charge in [0, 0.05) is 31.9 Å². The molecule has 2 aromatic rings. The van der Waals surface area contributed by atoms with Gasteiger partial charge >= 0.3 is 6.18 Å². The van der Waals surface area contributed by atoms with Crippen LogP contribution in [0.1, 0.15) is 31.0 Å². The molecule has 2 N–H and O–H groups in total. The molecule has 0 unspecified atom stereocenters. The number of anilines is 1. The monoisotopic (exact) mass is 396 g/mol. The summed E-state index contributed by atoms with van der Waals surface area (Å²) in [6, 6.07) is 6.21. The van der Waals surface area contributed by atoms with Crippen molar-refractivity contribution in [3.05, 3.63) is 41.7 Å². The SMILES string of the molecule is CCOc1cc(CN2CCC(Nc3nccc(C(F)(F)F)n3)CC2)ccc1O. The first-order chi connectivity index (χ1) is 13.3. The zero-order chi connectivity index (χ0) is 20.1. The average Bonchev–Trinajstić information content (AvgIpc) is 2.66. The molecule has 0 atom stereocenters. The lowest BCUT2D eigenvalue weighted by atomic mass is 10.0. The molecule has 1 saturated heterocycles.